The molecule has 8 heteroatoms. The van der Waals surface area contributed by atoms with Crippen molar-refractivity contribution in [1.82, 2.24) is 25.2 Å². The number of amides is 2. The Bertz CT molecular complexity index is 1010. The molecule has 0 radical (unpaired) electrons. The van der Waals surface area contributed by atoms with Crippen molar-refractivity contribution in [3.8, 4) is 0 Å². The average Bonchev–Trinajstić information content (AvgIpc) is 3.07. The van der Waals surface area contributed by atoms with Crippen LogP contribution in [0.15, 0.2) is 42.6 Å². The Morgan fingerprint density at radius 1 is 1.23 bits per heavy atom. The molecule has 3 aromatic rings. The van der Waals surface area contributed by atoms with Gasteiger partial charge in [0.1, 0.15) is 5.82 Å². The number of aromatic nitrogens is 3. The van der Waals surface area contributed by atoms with Crippen LogP contribution < -0.4 is 5.32 Å². The summed E-state index contributed by atoms with van der Waals surface area (Å²) in [5.41, 5.74) is 3.67. The number of carboxylic acids is 1. The van der Waals surface area contributed by atoms with Crippen LogP contribution in [0.5, 0.6) is 0 Å². The van der Waals surface area contributed by atoms with E-state index < -0.39 is 5.97 Å². The zero-order valence-electron chi connectivity index (χ0n) is 16.7. The molecule has 2 amide bonds. The number of hydrogen-bond acceptors (Lipinski definition) is 4. The zero-order valence-corrected chi connectivity index (χ0v) is 16.7. The summed E-state index contributed by atoms with van der Waals surface area (Å²) >= 11 is 0. The maximum absolute atomic E-state index is 12.7. The number of imidazole rings is 1. The molecular weight excluding hydrogens is 382 g/mol. The molecule has 1 aliphatic rings. The van der Waals surface area contributed by atoms with E-state index in [-0.39, 0.29) is 18.4 Å². The zero-order chi connectivity index (χ0) is 20.9. The molecule has 0 saturated carbocycles. The summed E-state index contributed by atoms with van der Waals surface area (Å²) in [5.74, 6) is -0.0233. The smallest absolute Gasteiger partial charge is 0.317 e. The van der Waals surface area contributed by atoms with Gasteiger partial charge < -0.3 is 20.3 Å². The minimum Gasteiger partial charge on any atom is -0.481 e. The molecule has 4 rings (SSSR count). The molecule has 0 saturated heterocycles. The van der Waals surface area contributed by atoms with Crippen LogP contribution in [0.2, 0.25) is 0 Å². The highest BCUT2D eigenvalue weighted by Gasteiger charge is 2.26. The number of nitrogens with one attached hydrogen (secondary N) is 2. The number of H-pyrrole nitrogens is 1. The average molecular weight is 407 g/mol. The minimum atomic E-state index is -0.812. The maximum Gasteiger partial charge on any atom is 0.317 e. The molecule has 8 nitrogen and oxygen atoms in total. The van der Waals surface area contributed by atoms with Gasteiger partial charge in [-0.3, -0.25) is 4.79 Å². The van der Waals surface area contributed by atoms with Crippen molar-refractivity contribution in [1.29, 1.82) is 0 Å². The molecule has 1 aromatic carbocycles. The first-order valence-corrected chi connectivity index (χ1v) is 10.2. The molecule has 0 fully saturated rings. The summed E-state index contributed by atoms with van der Waals surface area (Å²) in [4.78, 5) is 37.6. The topological polar surface area (TPSA) is 111 Å². The second kappa shape index (κ2) is 8.94. The number of fused-ring (bicyclic) bond motifs is 2. The number of carbonyl (C=O) groups excluding carboxylic acids is 1. The Morgan fingerprint density at radius 2 is 2.10 bits per heavy atom. The molecular formula is C22H25N5O3. The van der Waals surface area contributed by atoms with Gasteiger partial charge in [-0.1, -0.05) is 24.3 Å². The summed E-state index contributed by atoms with van der Waals surface area (Å²) < 4.78 is 0. The molecule has 1 atom stereocenters. The van der Waals surface area contributed by atoms with E-state index in [9.17, 15) is 14.7 Å². The van der Waals surface area contributed by atoms with Crippen molar-refractivity contribution in [3.05, 3.63) is 59.5 Å². The van der Waals surface area contributed by atoms with Gasteiger partial charge in [0.2, 0.25) is 0 Å². The van der Waals surface area contributed by atoms with Crippen LogP contribution in [0.3, 0.4) is 0 Å². The van der Waals surface area contributed by atoms with Crippen LogP contribution in [-0.4, -0.2) is 50.0 Å². The molecule has 2 aromatic heterocycles. The highest BCUT2D eigenvalue weighted by molar-refractivity contribution is 5.74. The first kappa shape index (κ1) is 19.9. The largest absolute Gasteiger partial charge is 0.481 e. The van der Waals surface area contributed by atoms with Crippen molar-refractivity contribution < 1.29 is 14.7 Å². The van der Waals surface area contributed by atoms with Crippen molar-refractivity contribution in [2.24, 2.45) is 0 Å². The Morgan fingerprint density at radius 3 is 2.93 bits per heavy atom. The molecule has 0 spiro atoms. The van der Waals surface area contributed by atoms with E-state index in [0.29, 0.717) is 31.7 Å². The maximum atomic E-state index is 12.7. The van der Waals surface area contributed by atoms with Gasteiger partial charge in [0.25, 0.3) is 0 Å². The summed E-state index contributed by atoms with van der Waals surface area (Å²) in [6, 6.07) is 11.5. The minimum absolute atomic E-state index is 0.0711. The Balaban J connectivity index is 1.31. The highest BCUT2D eigenvalue weighted by atomic mass is 16.4. The van der Waals surface area contributed by atoms with Gasteiger partial charge in [0.15, 0.2) is 5.65 Å². The van der Waals surface area contributed by atoms with E-state index in [1.807, 2.05) is 36.4 Å². The lowest BCUT2D eigenvalue weighted by Gasteiger charge is -2.21. The lowest BCUT2D eigenvalue weighted by Crippen LogP contribution is -2.40. The van der Waals surface area contributed by atoms with Crippen LogP contribution >= 0.6 is 0 Å². The molecule has 3 heterocycles. The standard InChI is InChI=1S/C22H25N5O3/c28-20(29)13-15-9-12-27(14-16-5-1-2-6-17(15)16)22(30)24-11-4-8-19-25-18-7-3-10-23-21(18)26-19/h1-3,5-7,10,15H,4,8-9,11-14H2,(H,24,30)(H,28,29)(H,23,25,26). The molecule has 0 aliphatic carbocycles. The molecule has 1 aliphatic heterocycles. The van der Waals surface area contributed by atoms with Crippen LogP contribution in [0.4, 0.5) is 4.79 Å². The van der Waals surface area contributed by atoms with E-state index in [1.54, 1.807) is 11.1 Å². The number of carboxylic acid groups (broad SMARTS) is 1. The number of benzene rings is 1. The lowest BCUT2D eigenvalue weighted by molar-refractivity contribution is -0.137. The summed E-state index contributed by atoms with van der Waals surface area (Å²) in [6.45, 7) is 1.57. The molecule has 30 heavy (non-hydrogen) atoms. The van der Waals surface area contributed by atoms with Crippen LogP contribution in [-0.2, 0) is 17.8 Å². The normalized spacial score (nSPS) is 16.1. The van der Waals surface area contributed by atoms with Crippen LogP contribution in [0, 0.1) is 0 Å². The van der Waals surface area contributed by atoms with Gasteiger partial charge in [-0.05, 0) is 42.0 Å². The SMILES string of the molecule is O=C(O)CC1CCN(C(=O)NCCCc2nc3ncccc3[nH]2)Cc2ccccc21. The van der Waals surface area contributed by atoms with E-state index >= 15 is 0 Å². The number of aryl methyl sites for hydroxylation is 1. The van der Waals surface area contributed by atoms with E-state index in [0.717, 1.165) is 35.3 Å². The second-order valence-electron chi connectivity index (χ2n) is 7.60. The third kappa shape index (κ3) is 4.59. The number of aromatic amines is 1. The fraction of sp³-hybridized carbons (Fsp3) is 0.364. The summed E-state index contributed by atoms with van der Waals surface area (Å²) in [6.07, 6.45) is 3.92. The third-order valence-corrected chi connectivity index (χ3v) is 5.48. The predicted molar refractivity (Wildman–Crippen MR) is 112 cm³/mol. The first-order chi connectivity index (χ1) is 14.6. The quantitative estimate of drug-likeness (QED) is 0.544. The number of rotatable bonds is 6. The Kier molecular flexibility index (Phi) is 5.92. The van der Waals surface area contributed by atoms with Gasteiger partial charge >= 0.3 is 12.0 Å². The van der Waals surface area contributed by atoms with Crippen LogP contribution in [0.1, 0.15) is 42.1 Å². The number of pyridine rings is 1. The van der Waals surface area contributed by atoms with Gasteiger partial charge in [-0.2, -0.15) is 0 Å². The number of hydrogen-bond donors (Lipinski definition) is 3. The predicted octanol–water partition coefficient (Wildman–Crippen LogP) is 3.06. The lowest BCUT2D eigenvalue weighted by atomic mass is 9.90. The first-order valence-electron chi connectivity index (χ1n) is 10.2. The number of urea groups is 1. The second-order valence-corrected chi connectivity index (χ2v) is 7.60. The number of carbonyl (C=O) groups is 2. The van der Waals surface area contributed by atoms with Crippen molar-refractivity contribution in [3.63, 3.8) is 0 Å². The molecule has 156 valence electrons. The van der Waals surface area contributed by atoms with E-state index in [4.69, 9.17) is 0 Å². The van der Waals surface area contributed by atoms with Gasteiger partial charge in [0.05, 0.1) is 11.9 Å². The Labute approximate surface area is 174 Å². The van der Waals surface area contributed by atoms with Crippen LogP contribution in [0.25, 0.3) is 11.2 Å². The van der Waals surface area contributed by atoms with Crippen molar-refractivity contribution in [2.75, 3.05) is 13.1 Å². The van der Waals surface area contributed by atoms with E-state index in [2.05, 4.69) is 20.3 Å². The van der Waals surface area contributed by atoms with Gasteiger partial charge in [-0.25, -0.2) is 14.8 Å². The molecule has 3 N–H and O–H groups in total. The monoisotopic (exact) mass is 407 g/mol. The van der Waals surface area contributed by atoms with Crippen molar-refractivity contribution in [2.45, 2.75) is 38.1 Å². The van der Waals surface area contributed by atoms with E-state index in [1.165, 1.54) is 0 Å². The summed E-state index contributed by atoms with van der Waals surface area (Å²) in [7, 11) is 0. The summed E-state index contributed by atoms with van der Waals surface area (Å²) in [5, 5.41) is 12.2. The molecule has 0 bridgehead atoms. The Hall–Kier alpha value is -3.42. The third-order valence-electron chi connectivity index (χ3n) is 5.48. The fourth-order valence-corrected chi connectivity index (χ4v) is 4.00. The fourth-order valence-electron chi connectivity index (χ4n) is 4.00. The van der Waals surface area contributed by atoms with Gasteiger partial charge in [0, 0.05) is 32.3 Å². The van der Waals surface area contributed by atoms with Crippen molar-refractivity contribution >= 4 is 23.2 Å². The molecule has 1 unspecified atom stereocenters. The number of nitrogens with zero attached hydrogens (tertiary/aromatic N) is 3. The highest BCUT2D eigenvalue weighted by Crippen LogP contribution is 2.31. The number of aliphatic carboxylic acids is 1. The van der Waals surface area contributed by atoms with Gasteiger partial charge in [-0.15, -0.1) is 0 Å².